The van der Waals surface area contributed by atoms with Crippen LogP contribution in [-0.4, -0.2) is 46.9 Å². The van der Waals surface area contributed by atoms with Crippen LogP contribution in [0.3, 0.4) is 0 Å². The molecule has 0 saturated carbocycles. The summed E-state index contributed by atoms with van der Waals surface area (Å²) in [6.45, 7) is 7.08. The summed E-state index contributed by atoms with van der Waals surface area (Å²) in [6.07, 6.45) is 7.86. The summed E-state index contributed by atoms with van der Waals surface area (Å²) in [5.74, 6) is 0. The summed E-state index contributed by atoms with van der Waals surface area (Å²) in [6, 6.07) is 0.588. The molecule has 4 heteroatoms. The van der Waals surface area contributed by atoms with Gasteiger partial charge in [0.25, 0.3) is 0 Å². The van der Waals surface area contributed by atoms with Crippen LogP contribution < -0.4 is 5.32 Å². The number of aromatic nitrogens is 2. The lowest BCUT2D eigenvalue weighted by molar-refractivity contribution is 0.299. The third-order valence-electron chi connectivity index (χ3n) is 3.40. The van der Waals surface area contributed by atoms with Gasteiger partial charge >= 0.3 is 0 Å². The van der Waals surface area contributed by atoms with Gasteiger partial charge in [-0.3, -0.25) is 4.68 Å². The SMILES string of the molecule is CC(CN1CCCC1)NCCc1cnn(C)c1. The zero-order valence-corrected chi connectivity index (χ0v) is 11.0. The summed E-state index contributed by atoms with van der Waals surface area (Å²) in [5.41, 5.74) is 1.31. The van der Waals surface area contributed by atoms with Gasteiger partial charge in [0.1, 0.15) is 0 Å². The Morgan fingerprint density at radius 2 is 2.18 bits per heavy atom. The fraction of sp³-hybridized carbons (Fsp3) is 0.769. The predicted octanol–water partition coefficient (Wildman–Crippen LogP) is 1.04. The van der Waals surface area contributed by atoms with Crippen molar-refractivity contribution in [1.29, 1.82) is 0 Å². The Labute approximate surface area is 104 Å². The topological polar surface area (TPSA) is 33.1 Å². The minimum atomic E-state index is 0.588. The zero-order valence-electron chi connectivity index (χ0n) is 11.0. The molecule has 0 amide bonds. The molecule has 17 heavy (non-hydrogen) atoms. The first-order chi connectivity index (χ1) is 8.24. The number of nitrogens with one attached hydrogen (secondary N) is 1. The van der Waals surface area contributed by atoms with Crippen molar-refractivity contribution in [2.24, 2.45) is 7.05 Å². The van der Waals surface area contributed by atoms with E-state index in [1.54, 1.807) is 0 Å². The first kappa shape index (κ1) is 12.6. The molecule has 1 saturated heterocycles. The van der Waals surface area contributed by atoms with Crippen molar-refractivity contribution in [1.82, 2.24) is 20.0 Å². The monoisotopic (exact) mass is 236 g/mol. The average molecular weight is 236 g/mol. The Balaban J connectivity index is 1.60. The Hall–Kier alpha value is -0.870. The maximum absolute atomic E-state index is 4.18. The van der Waals surface area contributed by atoms with E-state index in [9.17, 15) is 0 Å². The second kappa shape index (κ2) is 6.17. The van der Waals surface area contributed by atoms with Gasteiger partial charge in [0.15, 0.2) is 0 Å². The molecule has 1 aliphatic heterocycles. The number of nitrogens with zero attached hydrogens (tertiary/aromatic N) is 3. The van der Waals surface area contributed by atoms with Crippen LogP contribution >= 0.6 is 0 Å². The second-order valence-electron chi connectivity index (χ2n) is 5.14. The highest BCUT2D eigenvalue weighted by atomic mass is 15.2. The molecule has 0 aliphatic carbocycles. The highest BCUT2D eigenvalue weighted by molar-refractivity contribution is 5.03. The summed E-state index contributed by atoms with van der Waals surface area (Å²) in [5, 5.41) is 7.77. The predicted molar refractivity (Wildman–Crippen MR) is 70.1 cm³/mol. The van der Waals surface area contributed by atoms with E-state index in [1.807, 2.05) is 17.9 Å². The highest BCUT2D eigenvalue weighted by Crippen LogP contribution is 2.07. The van der Waals surface area contributed by atoms with E-state index in [-0.39, 0.29) is 0 Å². The Morgan fingerprint density at radius 3 is 2.82 bits per heavy atom. The summed E-state index contributed by atoms with van der Waals surface area (Å²) in [7, 11) is 1.97. The number of hydrogen-bond acceptors (Lipinski definition) is 3. The molecule has 4 nitrogen and oxygen atoms in total. The van der Waals surface area contributed by atoms with Gasteiger partial charge in [0.2, 0.25) is 0 Å². The molecule has 2 rings (SSSR count). The van der Waals surface area contributed by atoms with Gasteiger partial charge in [-0.25, -0.2) is 0 Å². The molecule has 1 aliphatic rings. The largest absolute Gasteiger partial charge is 0.313 e. The third-order valence-corrected chi connectivity index (χ3v) is 3.40. The van der Waals surface area contributed by atoms with Crippen LogP contribution in [0, 0.1) is 0 Å². The van der Waals surface area contributed by atoms with Gasteiger partial charge in [0.05, 0.1) is 6.20 Å². The van der Waals surface area contributed by atoms with Crippen molar-refractivity contribution < 1.29 is 0 Å². The maximum atomic E-state index is 4.18. The van der Waals surface area contributed by atoms with Gasteiger partial charge < -0.3 is 10.2 Å². The van der Waals surface area contributed by atoms with Crippen molar-refractivity contribution in [2.75, 3.05) is 26.2 Å². The Bertz CT molecular complexity index is 328. The van der Waals surface area contributed by atoms with Crippen LogP contribution in [0.4, 0.5) is 0 Å². The maximum Gasteiger partial charge on any atom is 0.0522 e. The normalized spacial score (nSPS) is 18.7. The second-order valence-corrected chi connectivity index (χ2v) is 5.14. The van der Waals surface area contributed by atoms with Crippen LogP contribution in [0.5, 0.6) is 0 Å². The molecule has 1 fully saturated rings. The van der Waals surface area contributed by atoms with Crippen LogP contribution in [0.2, 0.25) is 0 Å². The smallest absolute Gasteiger partial charge is 0.0522 e. The van der Waals surface area contributed by atoms with Gasteiger partial charge in [-0.15, -0.1) is 0 Å². The molecular formula is C13H24N4. The van der Waals surface area contributed by atoms with Crippen molar-refractivity contribution in [3.63, 3.8) is 0 Å². The van der Waals surface area contributed by atoms with E-state index in [4.69, 9.17) is 0 Å². The minimum Gasteiger partial charge on any atom is -0.313 e. The van der Waals surface area contributed by atoms with Crippen LogP contribution in [0.1, 0.15) is 25.3 Å². The third kappa shape index (κ3) is 4.13. The Morgan fingerprint density at radius 1 is 1.41 bits per heavy atom. The first-order valence-electron chi connectivity index (χ1n) is 6.67. The van der Waals surface area contributed by atoms with Crippen LogP contribution in [-0.2, 0) is 13.5 Å². The molecular weight excluding hydrogens is 212 g/mol. The highest BCUT2D eigenvalue weighted by Gasteiger charge is 2.13. The lowest BCUT2D eigenvalue weighted by Gasteiger charge is -2.21. The van der Waals surface area contributed by atoms with Crippen molar-refractivity contribution >= 4 is 0 Å². The molecule has 0 aromatic carbocycles. The van der Waals surface area contributed by atoms with E-state index >= 15 is 0 Å². The molecule has 1 atom stereocenters. The van der Waals surface area contributed by atoms with Gasteiger partial charge in [-0.2, -0.15) is 5.10 Å². The fourth-order valence-electron chi connectivity index (χ4n) is 2.48. The summed E-state index contributed by atoms with van der Waals surface area (Å²) in [4.78, 5) is 2.56. The lowest BCUT2D eigenvalue weighted by atomic mass is 10.2. The summed E-state index contributed by atoms with van der Waals surface area (Å²) >= 11 is 0. The van der Waals surface area contributed by atoms with E-state index in [1.165, 1.54) is 38.0 Å². The number of hydrogen-bond donors (Lipinski definition) is 1. The standard InChI is InChI=1S/C13H24N4/c1-12(10-17-7-3-4-8-17)14-6-5-13-9-15-16(2)11-13/h9,11-12,14H,3-8,10H2,1-2H3. The van der Waals surface area contributed by atoms with Gasteiger partial charge in [-0.1, -0.05) is 0 Å². The molecule has 0 spiro atoms. The summed E-state index contributed by atoms with van der Waals surface area (Å²) < 4.78 is 1.86. The quantitative estimate of drug-likeness (QED) is 0.801. The number of aryl methyl sites for hydroxylation is 1. The molecule has 1 aromatic heterocycles. The van der Waals surface area contributed by atoms with E-state index in [0.717, 1.165) is 13.0 Å². The first-order valence-corrected chi connectivity index (χ1v) is 6.67. The molecule has 0 bridgehead atoms. The zero-order chi connectivity index (χ0) is 12.1. The van der Waals surface area contributed by atoms with Crippen molar-refractivity contribution in [3.05, 3.63) is 18.0 Å². The van der Waals surface area contributed by atoms with Crippen molar-refractivity contribution in [3.8, 4) is 0 Å². The number of rotatable bonds is 6. The molecule has 2 heterocycles. The van der Waals surface area contributed by atoms with Crippen LogP contribution in [0.15, 0.2) is 12.4 Å². The molecule has 0 radical (unpaired) electrons. The molecule has 1 unspecified atom stereocenters. The number of likely N-dealkylation sites (tertiary alicyclic amines) is 1. The fourth-order valence-corrected chi connectivity index (χ4v) is 2.48. The van der Waals surface area contributed by atoms with E-state index in [0.29, 0.717) is 6.04 Å². The van der Waals surface area contributed by atoms with E-state index in [2.05, 4.69) is 28.4 Å². The lowest BCUT2D eigenvalue weighted by Crippen LogP contribution is -2.38. The van der Waals surface area contributed by atoms with Crippen LogP contribution in [0.25, 0.3) is 0 Å². The van der Waals surface area contributed by atoms with Crippen molar-refractivity contribution in [2.45, 2.75) is 32.2 Å². The Kier molecular flexibility index (Phi) is 4.57. The molecule has 96 valence electrons. The van der Waals surface area contributed by atoms with Gasteiger partial charge in [0, 0.05) is 25.8 Å². The van der Waals surface area contributed by atoms with Gasteiger partial charge in [-0.05, 0) is 51.4 Å². The van der Waals surface area contributed by atoms with E-state index < -0.39 is 0 Å². The minimum absolute atomic E-state index is 0.588. The average Bonchev–Trinajstić information content (AvgIpc) is 2.90. The molecule has 1 N–H and O–H groups in total. The molecule has 1 aromatic rings.